The van der Waals surface area contributed by atoms with E-state index >= 15 is 0 Å². The van der Waals surface area contributed by atoms with Gasteiger partial charge in [-0.3, -0.25) is 24.3 Å². The van der Waals surface area contributed by atoms with Gasteiger partial charge in [-0.15, -0.1) is 0 Å². The van der Waals surface area contributed by atoms with Gasteiger partial charge in [0.1, 0.15) is 0 Å². The summed E-state index contributed by atoms with van der Waals surface area (Å²) < 4.78 is 39.2. The first-order chi connectivity index (χ1) is 14.5. The Bertz CT molecular complexity index is 1260. The quantitative estimate of drug-likeness (QED) is 0.436. The highest BCUT2D eigenvalue weighted by molar-refractivity contribution is 6.34. The molecule has 1 N–H and O–H groups in total. The monoisotopic (exact) mass is 472 g/mol. The lowest BCUT2D eigenvalue weighted by atomic mass is 10.2. The van der Waals surface area contributed by atoms with Gasteiger partial charge in [-0.2, -0.15) is 13.2 Å². The van der Waals surface area contributed by atoms with E-state index < -0.39 is 33.2 Å². The Kier molecular flexibility index (Phi) is 6.00. The number of nitrogens with zero attached hydrogens (tertiary/aromatic N) is 3. The molecule has 8 nitrogen and oxygen atoms in total. The van der Waals surface area contributed by atoms with Crippen LogP contribution < -0.4 is 10.9 Å². The Labute approximate surface area is 181 Å². The molecule has 3 rings (SSSR count). The predicted molar refractivity (Wildman–Crippen MR) is 106 cm³/mol. The van der Waals surface area contributed by atoms with Gasteiger partial charge in [0.05, 0.1) is 31.8 Å². The topological polar surface area (TPSA) is 107 Å². The van der Waals surface area contributed by atoms with Crippen molar-refractivity contribution in [3.05, 3.63) is 90.4 Å². The number of hydrogen-bond donors (Lipinski definition) is 1. The number of aromatic nitrogens is 2. The van der Waals surface area contributed by atoms with Crippen LogP contribution in [0.15, 0.2) is 53.6 Å². The predicted octanol–water partition coefficient (Wildman–Crippen LogP) is 4.72. The Morgan fingerprint density at radius 3 is 2.45 bits per heavy atom. The van der Waals surface area contributed by atoms with Crippen molar-refractivity contribution in [2.24, 2.45) is 0 Å². The molecule has 1 amide bonds. The van der Waals surface area contributed by atoms with Gasteiger partial charge >= 0.3 is 6.18 Å². The van der Waals surface area contributed by atoms with Crippen molar-refractivity contribution in [1.82, 2.24) is 9.55 Å². The molecule has 1 aromatic carbocycles. The van der Waals surface area contributed by atoms with Crippen LogP contribution in [0.5, 0.6) is 0 Å². The van der Waals surface area contributed by atoms with E-state index in [1.54, 1.807) is 0 Å². The summed E-state index contributed by atoms with van der Waals surface area (Å²) in [7, 11) is 0. The highest BCUT2D eigenvalue weighted by Gasteiger charge is 2.31. The van der Waals surface area contributed by atoms with Crippen LogP contribution in [0.1, 0.15) is 15.9 Å². The molecule has 31 heavy (non-hydrogen) atoms. The van der Waals surface area contributed by atoms with E-state index in [4.69, 9.17) is 23.2 Å². The lowest BCUT2D eigenvalue weighted by Crippen LogP contribution is -2.21. The Hall–Kier alpha value is -3.44. The maximum Gasteiger partial charge on any atom is 0.417 e. The van der Waals surface area contributed by atoms with Crippen molar-refractivity contribution in [3.63, 3.8) is 0 Å². The van der Waals surface area contributed by atoms with Gasteiger partial charge in [-0.1, -0.05) is 23.2 Å². The fourth-order valence-electron chi connectivity index (χ4n) is 2.49. The molecule has 0 spiro atoms. The Morgan fingerprint density at radius 2 is 1.84 bits per heavy atom. The molecule has 0 aliphatic heterocycles. The zero-order chi connectivity index (χ0) is 22.9. The molecule has 160 valence electrons. The fraction of sp³-hybridized carbons (Fsp3) is 0.0556. The average molecular weight is 473 g/mol. The summed E-state index contributed by atoms with van der Waals surface area (Å²) in [6.07, 6.45) is -3.07. The van der Waals surface area contributed by atoms with Crippen molar-refractivity contribution < 1.29 is 22.9 Å². The lowest BCUT2D eigenvalue weighted by molar-refractivity contribution is -0.384. The summed E-state index contributed by atoms with van der Waals surface area (Å²) >= 11 is 11.8. The molecule has 2 heterocycles. The number of anilines is 1. The van der Waals surface area contributed by atoms with Gasteiger partial charge in [0, 0.05) is 30.6 Å². The standard InChI is InChI=1S/C18H9Cl2F3N4O4/c19-13-3-2-11(27(30)31)6-12(13)17(29)25-10-1-4-15(28)26(8-10)16-14(20)5-9(7-24-16)18(21,22)23/h1-8H,(H,25,29). The maximum absolute atomic E-state index is 12.8. The molecule has 13 heteroatoms. The van der Waals surface area contributed by atoms with Crippen molar-refractivity contribution in [3.8, 4) is 5.82 Å². The first-order valence-corrected chi connectivity index (χ1v) is 8.94. The molecule has 0 atom stereocenters. The summed E-state index contributed by atoms with van der Waals surface area (Å²) in [4.78, 5) is 38.5. The van der Waals surface area contributed by atoms with E-state index in [2.05, 4.69) is 10.3 Å². The van der Waals surface area contributed by atoms with Crippen LogP contribution >= 0.6 is 23.2 Å². The molecule has 0 unspecified atom stereocenters. The molecule has 0 aliphatic carbocycles. The van der Waals surface area contributed by atoms with E-state index in [-0.39, 0.29) is 27.8 Å². The number of rotatable bonds is 4. The highest BCUT2D eigenvalue weighted by Crippen LogP contribution is 2.32. The van der Waals surface area contributed by atoms with Crippen molar-refractivity contribution in [2.75, 3.05) is 5.32 Å². The number of non-ortho nitro benzene ring substituents is 1. The molecule has 0 saturated carbocycles. The zero-order valence-corrected chi connectivity index (χ0v) is 16.5. The third-order valence-corrected chi connectivity index (χ3v) is 4.56. The second-order valence-corrected chi connectivity index (χ2v) is 6.84. The molecule has 2 aromatic heterocycles. The molecule has 0 fully saturated rings. The number of nitrogens with one attached hydrogen (secondary N) is 1. The van der Waals surface area contributed by atoms with E-state index in [0.717, 1.165) is 29.0 Å². The molecular weight excluding hydrogens is 464 g/mol. The molecule has 0 bridgehead atoms. The van der Waals surface area contributed by atoms with Crippen LogP contribution in [0.3, 0.4) is 0 Å². The largest absolute Gasteiger partial charge is 0.417 e. The van der Waals surface area contributed by atoms with Gasteiger partial charge in [-0.05, 0) is 18.2 Å². The second kappa shape index (κ2) is 8.36. The first kappa shape index (κ1) is 22.2. The minimum atomic E-state index is -4.67. The highest BCUT2D eigenvalue weighted by atomic mass is 35.5. The zero-order valence-electron chi connectivity index (χ0n) is 15.0. The van der Waals surface area contributed by atoms with Crippen LogP contribution in [0.25, 0.3) is 5.82 Å². The Morgan fingerprint density at radius 1 is 1.13 bits per heavy atom. The minimum absolute atomic E-state index is 0.0323. The number of carbonyl (C=O) groups excluding carboxylic acids is 1. The van der Waals surface area contributed by atoms with Gasteiger partial charge in [-0.25, -0.2) is 4.98 Å². The van der Waals surface area contributed by atoms with Crippen molar-refractivity contribution in [2.45, 2.75) is 6.18 Å². The third-order valence-electron chi connectivity index (χ3n) is 3.95. The SMILES string of the molecule is O=C(Nc1ccc(=O)n(-c2ncc(C(F)(F)F)cc2Cl)c1)c1cc([N+](=O)[O-])ccc1Cl. The second-order valence-electron chi connectivity index (χ2n) is 6.03. The summed E-state index contributed by atoms with van der Waals surface area (Å²) in [5, 5.41) is 12.8. The van der Waals surface area contributed by atoms with Crippen LogP contribution in [0.2, 0.25) is 10.0 Å². The van der Waals surface area contributed by atoms with Gasteiger partial charge in [0.15, 0.2) is 5.82 Å². The number of hydrogen-bond acceptors (Lipinski definition) is 5. The Balaban J connectivity index is 1.96. The number of carbonyl (C=O) groups is 1. The molecule has 3 aromatic rings. The van der Waals surface area contributed by atoms with Crippen molar-refractivity contribution in [1.29, 1.82) is 0 Å². The number of pyridine rings is 2. The van der Waals surface area contributed by atoms with Crippen molar-refractivity contribution >= 4 is 40.5 Å². The summed E-state index contributed by atoms with van der Waals surface area (Å²) in [6, 6.07) is 6.14. The van der Waals surface area contributed by atoms with E-state index in [9.17, 15) is 32.9 Å². The summed E-state index contributed by atoms with van der Waals surface area (Å²) in [6.45, 7) is 0. The van der Waals surface area contributed by atoms with Gasteiger partial charge in [0.25, 0.3) is 17.2 Å². The van der Waals surface area contributed by atoms with Crippen LogP contribution in [0, 0.1) is 10.1 Å². The minimum Gasteiger partial charge on any atom is -0.321 e. The molecule has 0 aliphatic rings. The number of benzene rings is 1. The van der Waals surface area contributed by atoms with Gasteiger partial charge in [0.2, 0.25) is 0 Å². The number of nitro groups is 1. The van der Waals surface area contributed by atoms with Crippen LogP contribution in [-0.4, -0.2) is 20.4 Å². The van der Waals surface area contributed by atoms with E-state index in [1.807, 2.05) is 0 Å². The molecule has 0 saturated heterocycles. The lowest BCUT2D eigenvalue weighted by Gasteiger charge is -2.12. The maximum atomic E-state index is 12.8. The number of alkyl halides is 3. The van der Waals surface area contributed by atoms with E-state index in [0.29, 0.717) is 12.3 Å². The number of halogens is 5. The van der Waals surface area contributed by atoms with Crippen LogP contribution in [-0.2, 0) is 6.18 Å². The van der Waals surface area contributed by atoms with Crippen LogP contribution in [0.4, 0.5) is 24.5 Å². The smallest absolute Gasteiger partial charge is 0.321 e. The normalized spacial score (nSPS) is 11.3. The first-order valence-electron chi connectivity index (χ1n) is 8.18. The number of amides is 1. The van der Waals surface area contributed by atoms with Gasteiger partial charge < -0.3 is 5.32 Å². The average Bonchev–Trinajstić information content (AvgIpc) is 2.69. The van der Waals surface area contributed by atoms with E-state index in [1.165, 1.54) is 12.1 Å². The summed E-state index contributed by atoms with van der Waals surface area (Å²) in [5.41, 5.74) is -2.30. The third kappa shape index (κ3) is 4.84. The fourth-order valence-corrected chi connectivity index (χ4v) is 2.95. The molecular formula is C18H9Cl2F3N4O4. The summed E-state index contributed by atoms with van der Waals surface area (Å²) in [5.74, 6) is -1.10. The number of nitro benzene ring substituents is 1. The molecule has 0 radical (unpaired) electrons.